The summed E-state index contributed by atoms with van der Waals surface area (Å²) in [5, 5.41) is 3.45. The quantitative estimate of drug-likeness (QED) is 0.643. The van der Waals surface area contributed by atoms with Crippen LogP contribution in [-0.4, -0.2) is 13.1 Å². The van der Waals surface area contributed by atoms with Gasteiger partial charge in [-0.3, -0.25) is 0 Å². The van der Waals surface area contributed by atoms with E-state index in [0.29, 0.717) is 0 Å². The maximum Gasteiger partial charge on any atom is -0.00181 e. The fourth-order valence-corrected chi connectivity index (χ4v) is 1.89. The Balaban J connectivity index is 2.13. The van der Waals surface area contributed by atoms with Crippen LogP contribution < -0.4 is 5.32 Å². The fraction of sp³-hybridized carbons (Fsp3) is 1.00. The van der Waals surface area contributed by atoms with Gasteiger partial charge in [-0.25, -0.2) is 0 Å². The van der Waals surface area contributed by atoms with Gasteiger partial charge in [0, 0.05) is 0 Å². The summed E-state index contributed by atoms with van der Waals surface area (Å²) in [5.41, 5.74) is 0. The molecule has 66 valence electrons. The van der Waals surface area contributed by atoms with Crippen LogP contribution in [0.25, 0.3) is 0 Å². The van der Waals surface area contributed by atoms with Crippen LogP contribution in [-0.2, 0) is 0 Å². The Kier molecular flexibility index (Phi) is 3.92. The fourth-order valence-electron chi connectivity index (χ4n) is 1.89. The Morgan fingerprint density at radius 2 is 2.09 bits per heavy atom. The van der Waals surface area contributed by atoms with E-state index >= 15 is 0 Å². The molecule has 0 saturated heterocycles. The molecule has 0 spiro atoms. The Labute approximate surface area is 70.6 Å². The molecule has 1 rings (SSSR count). The zero-order valence-electron chi connectivity index (χ0n) is 7.90. The molecule has 0 aromatic heterocycles. The average Bonchev–Trinajstić information content (AvgIpc) is 1.93. The Morgan fingerprint density at radius 3 is 2.45 bits per heavy atom. The minimum atomic E-state index is 0.962. The maximum atomic E-state index is 3.45. The molecular weight excluding hydrogens is 134 g/mol. The molecule has 0 bridgehead atoms. The molecule has 1 N–H and O–H groups in total. The lowest BCUT2D eigenvalue weighted by atomic mass is 9.75. The first-order valence-electron chi connectivity index (χ1n) is 5.09. The van der Waals surface area contributed by atoms with Gasteiger partial charge in [-0.2, -0.15) is 0 Å². The lowest BCUT2D eigenvalue weighted by Crippen LogP contribution is -2.31. The van der Waals surface area contributed by atoms with Crippen molar-refractivity contribution in [3.63, 3.8) is 0 Å². The van der Waals surface area contributed by atoms with E-state index in [4.69, 9.17) is 0 Å². The normalized spacial score (nSPS) is 21.3. The van der Waals surface area contributed by atoms with Crippen molar-refractivity contribution in [2.24, 2.45) is 11.8 Å². The minimum Gasteiger partial charge on any atom is -0.317 e. The number of hydrogen-bond acceptors (Lipinski definition) is 1. The van der Waals surface area contributed by atoms with Crippen LogP contribution in [0.2, 0.25) is 0 Å². The van der Waals surface area contributed by atoms with Crippen molar-refractivity contribution < 1.29 is 0 Å². The largest absolute Gasteiger partial charge is 0.317 e. The molecule has 0 aromatic carbocycles. The van der Waals surface area contributed by atoms with Gasteiger partial charge >= 0.3 is 0 Å². The third kappa shape index (κ3) is 2.48. The molecular formula is C10H21N. The molecule has 0 aliphatic heterocycles. The van der Waals surface area contributed by atoms with Crippen molar-refractivity contribution in [1.29, 1.82) is 0 Å². The summed E-state index contributed by atoms with van der Waals surface area (Å²) in [6.07, 6.45) is 5.82. The van der Waals surface area contributed by atoms with Gasteiger partial charge in [0.2, 0.25) is 0 Å². The molecule has 1 nitrogen and oxygen atoms in total. The number of nitrogens with one attached hydrogen (secondary N) is 1. The number of hydrogen-bond donors (Lipinski definition) is 1. The first kappa shape index (κ1) is 9.05. The van der Waals surface area contributed by atoms with Crippen molar-refractivity contribution >= 4 is 0 Å². The molecule has 1 heteroatoms. The van der Waals surface area contributed by atoms with E-state index in [2.05, 4.69) is 19.2 Å². The van der Waals surface area contributed by atoms with Crippen LogP contribution in [0.4, 0.5) is 0 Å². The summed E-state index contributed by atoms with van der Waals surface area (Å²) in [4.78, 5) is 0. The summed E-state index contributed by atoms with van der Waals surface area (Å²) in [7, 11) is 0. The predicted molar refractivity (Wildman–Crippen MR) is 49.7 cm³/mol. The van der Waals surface area contributed by atoms with Crippen molar-refractivity contribution in [2.45, 2.75) is 39.5 Å². The van der Waals surface area contributed by atoms with Gasteiger partial charge in [-0.05, 0) is 24.9 Å². The molecule has 0 heterocycles. The van der Waals surface area contributed by atoms with Gasteiger partial charge in [0.05, 0.1) is 0 Å². The zero-order chi connectivity index (χ0) is 8.10. The zero-order valence-corrected chi connectivity index (χ0v) is 7.90. The van der Waals surface area contributed by atoms with Gasteiger partial charge in [-0.15, -0.1) is 0 Å². The van der Waals surface area contributed by atoms with Crippen LogP contribution >= 0.6 is 0 Å². The molecule has 1 fully saturated rings. The summed E-state index contributed by atoms with van der Waals surface area (Å²) in [5.74, 6) is 2.02. The van der Waals surface area contributed by atoms with Crippen molar-refractivity contribution in [1.82, 2.24) is 5.32 Å². The third-order valence-corrected chi connectivity index (χ3v) is 3.00. The highest BCUT2D eigenvalue weighted by molar-refractivity contribution is 4.77. The van der Waals surface area contributed by atoms with E-state index in [0.717, 1.165) is 18.4 Å². The smallest absolute Gasteiger partial charge is 0.00181 e. The molecule has 1 saturated carbocycles. The first-order chi connectivity index (χ1) is 5.38. The standard InChI is InChI=1S/C10H21N/c1-3-9(8-11-4-2)10-6-5-7-10/h9-11H,3-8H2,1-2H3. The van der Waals surface area contributed by atoms with Gasteiger partial charge in [-0.1, -0.05) is 39.5 Å². The SMILES string of the molecule is CCNCC(CC)C1CCC1. The van der Waals surface area contributed by atoms with E-state index in [9.17, 15) is 0 Å². The van der Waals surface area contributed by atoms with Crippen LogP contribution in [0, 0.1) is 11.8 Å². The highest BCUT2D eigenvalue weighted by atomic mass is 14.8. The Bertz CT molecular complexity index is 97.0. The maximum absolute atomic E-state index is 3.45. The topological polar surface area (TPSA) is 12.0 Å². The molecule has 1 aliphatic rings. The second kappa shape index (κ2) is 4.76. The van der Waals surface area contributed by atoms with Crippen LogP contribution in [0.1, 0.15) is 39.5 Å². The van der Waals surface area contributed by atoms with E-state index < -0.39 is 0 Å². The predicted octanol–water partition coefficient (Wildman–Crippen LogP) is 2.42. The van der Waals surface area contributed by atoms with E-state index in [1.54, 1.807) is 0 Å². The van der Waals surface area contributed by atoms with Gasteiger partial charge < -0.3 is 5.32 Å². The molecule has 11 heavy (non-hydrogen) atoms. The van der Waals surface area contributed by atoms with Crippen molar-refractivity contribution in [2.75, 3.05) is 13.1 Å². The highest BCUT2D eigenvalue weighted by Crippen LogP contribution is 2.34. The lowest BCUT2D eigenvalue weighted by Gasteiger charge is -2.33. The summed E-state index contributed by atoms with van der Waals surface area (Å²) < 4.78 is 0. The Hall–Kier alpha value is -0.0400. The molecule has 1 aliphatic carbocycles. The van der Waals surface area contributed by atoms with E-state index in [-0.39, 0.29) is 0 Å². The van der Waals surface area contributed by atoms with Gasteiger partial charge in [0.1, 0.15) is 0 Å². The average molecular weight is 155 g/mol. The van der Waals surface area contributed by atoms with Crippen molar-refractivity contribution in [3.05, 3.63) is 0 Å². The monoisotopic (exact) mass is 155 g/mol. The molecule has 0 aromatic rings. The molecule has 0 radical (unpaired) electrons. The molecule has 0 amide bonds. The highest BCUT2D eigenvalue weighted by Gasteiger charge is 2.24. The van der Waals surface area contributed by atoms with E-state index in [1.807, 2.05) is 0 Å². The lowest BCUT2D eigenvalue weighted by molar-refractivity contribution is 0.196. The first-order valence-corrected chi connectivity index (χ1v) is 5.09. The van der Waals surface area contributed by atoms with Crippen molar-refractivity contribution in [3.8, 4) is 0 Å². The minimum absolute atomic E-state index is 0.962. The summed E-state index contributed by atoms with van der Waals surface area (Å²) in [6.45, 7) is 6.88. The van der Waals surface area contributed by atoms with E-state index in [1.165, 1.54) is 32.2 Å². The second-order valence-electron chi connectivity index (χ2n) is 3.67. The number of rotatable bonds is 5. The summed E-state index contributed by atoms with van der Waals surface area (Å²) in [6, 6.07) is 0. The summed E-state index contributed by atoms with van der Waals surface area (Å²) >= 11 is 0. The Morgan fingerprint density at radius 1 is 1.36 bits per heavy atom. The second-order valence-corrected chi connectivity index (χ2v) is 3.67. The third-order valence-electron chi connectivity index (χ3n) is 3.00. The molecule has 1 atom stereocenters. The van der Waals surface area contributed by atoms with Crippen LogP contribution in [0.3, 0.4) is 0 Å². The van der Waals surface area contributed by atoms with Crippen LogP contribution in [0.5, 0.6) is 0 Å². The van der Waals surface area contributed by atoms with Crippen LogP contribution in [0.15, 0.2) is 0 Å². The van der Waals surface area contributed by atoms with Gasteiger partial charge in [0.25, 0.3) is 0 Å². The molecule has 1 unspecified atom stereocenters. The van der Waals surface area contributed by atoms with Gasteiger partial charge in [0.15, 0.2) is 0 Å².